The third-order valence-corrected chi connectivity index (χ3v) is 6.63. The Bertz CT molecular complexity index is 1040. The molecule has 1 saturated heterocycles. The Hall–Kier alpha value is -2.78. The van der Waals surface area contributed by atoms with Crippen LogP contribution in [0.25, 0.3) is 0 Å². The quantitative estimate of drug-likeness (QED) is 0.637. The second-order valence-electron chi connectivity index (χ2n) is 7.87. The van der Waals surface area contributed by atoms with Crippen molar-refractivity contribution in [1.82, 2.24) is 14.6 Å². The van der Waals surface area contributed by atoms with Gasteiger partial charge < -0.3 is 10.6 Å². The molecule has 0 saturated carbocycles. The molecule has 31 heavy (non-hydrogen) atoms. The van der Waals surface area contributed by atoms with Gasteiger partial charge in [-0.2, -0.15) is 0 Å². The van der Waals surface area contributed by atoms with Crippen LogP contribution in [0.5, 0.6) is 0 Å². The number of rotatable bonds is 8. The van der Waals surface area contributed by atoms with Crippen molar-refractivity contribution in [2.75, 3.05) is 18.8 Å². The highest BCUT2D eigenvalue weighted by Gasteiger charge is 2.31. The summed E-state index contributed by atoms with van der Waals surface area (Å²) in [5.41, 5.74) is 7.75. The molecular formula is C22H28N4O4S. The van der Waals surface area contributed by atoms with E-state index in [0.717, 1.165) is 12.0 Å². The lowest BCUT2D eigenvalue weighted by atomic mass is 10.1. The molecule has 1 aliphatic heterocycles. The van der Waals surface area contributed by atoms with Gasteiger partial charge in [-0.25, -0.2) is 18.1 Å². The van der Waals surface area contributed by atoms with Crippen LogP contribution in [0, 0.1) is 6.92 Å². The van der Waals surface area contributed by atoms with Crippen molar-refractivity contribution < 1.29 is 18.0 Å². The van der Waals surface area contributed by atoms with Crippen molar-refractivity contribution >= 4 is 27.5 Å². The van der Waals surface area contributed by atoms with Gasteiger partial charge in [0.2, 0.25) is 15.9 Å². The molecule has 3 rings (SSSR count). The average molecular weight is 445 g/mol. The highest BCUT2D eigenvalue weighted by molar-refractivity contribution is 7.88. The van der Waals surface area contributed by atoms with Crippen LogP contribution in [0.4, 0.5) is 5.82 Å². The molecular weight excluding hydrogens is 416 g/mol. The molecule has 1 amide bonds. The molecule has 1 aromatic heterocycles. The standard InChI is InChI=1S/C22H28N4O4S/c1-16-18(10-11-21(23)24-16)13-19(27)14-26-12-6-5-9-20(22(26)28)25-31(29,30)15-17-7-3-2-4-8-17/h2-4,7-8,10-11,20,25H,5-6,9,12-15H2,1H3,(H2,23,24)/t20-/m0/s1. The first-order chi connectivity index (χ1) is 14.7. The Kier molecular flexibility index (Phi) is 7.40. The zero-order valence-electron chi connectivity index (χ0n) is 17.6. The molecule has 0 spiro atoms. The molecule has 166 valence electrons. The van der Waals surface area contributed by atoms with Crippen LogP contribution in [0.3, 0.4) is 0 Å². The van der Waals surface area contributed by atoms with E-state index in [1.807, 2.05) is 6.07 Å². The summed E-state index contributed by atoms with van der Waals surface area (Å²) in [5, 5.41) is 0. The summed E-state index contributed by atoms with van der Waals surface area (Å²) in [6, 6.07) is 11.4. The first-order valence-electron chi connectivity index (χ1n) is 10.3. The second kappa shape index (κ2) is 10.0. The Morgan fingerprint density at radius 3 is 2.65 bits per heavy atom. The summed E-state index contributed by atoms with van der Waals surface area (Å²) in [6.45, 7) is 2.16. The van der Waals surface area contributed by atoms with E-state index in [2.05, 4.69) is 9.71 Å². The minimum Gasteiger partial charge on any atom is -0.384 e. The first kappa shape index (κ1) is 22.9. The number of nitrogen functional groups attached to an aromatic ring is 1. The van der Waals surface area contributed by atoms with Gasteiger partial charge in [0.05, 0.1) is 12.3 Å². The van der Waals surface area contributed by atoms with E-state index in [1.165, 1.54) is 4.90 Å². The number of Topliss-reactive ketones (excluding diaryl/α,β-unsaturated/α-hetero) is 1. The van der Waals surface area contributed by atoms with E-state index < -0.39 is 16.1 Å². The average Bonchev–Trinajstić information content (AvgIpc) is 2.86. The fourth-order valence-electron chi connectivity index (χ4n) is 3.70. The number of hydrogen-bond donors (Lipinski definition) is 2. The zero-order chi connectivity index (χ0) is 22.4. The van der Waals surface area contributed by atoms with Gasteiger partial charge >= 0.3 is 0 Å². The van der Waals surface area contributed by atoms with Crippen LogP contribution in [0.15, 0.2) is 42.5 Å². The normalized spacial score (nSPS) is 17.4. The number of nitrogens with one attached hydrogen (secondary N) is 1. The molecule has 2 heterocycles. The van der Waals surface area contributed by atoms with Crippen LogP contribution in [0.1, 0.15) is 36.1 Å². The monoisotopic (exact) mass is 444 g/mol. The van der Waals surface area contributed by atoms with E-state index in [4.69, 9.17) is 5.73 Å². The van der Waals surface area contributed by atoms with Gasteiger partial charge in [0.15, 0.2) is 5.78 Å². The molecule has 1 aromatic carbocycles. The number of benzene rings is 1. The number of ketones is 1. The van der Waals surface area contributed by atoms with Crippen LogP contribution >= 0.6 is 0 Å². The molecule has 1 atom stereocenters. The highest BCUT2D eigenvalue weighted by atomic mass is 32.2. The fourth-order valence-corrected chi connectivity index (χ4v) is 5.07. The smallest absolute Gasteiger partial charge is 0.241 e. The molecule has 8 nitrogen and oxygen atoms in total. The molecule has 2 aromatic rings. The van der Waals surface area contributed by atoms with E-state index in [9.17, 15) is 18.0 Å². The number of aromatic nitrogens is 1. The Morgan fingerprint density at radius 1 is 1.19 bits per heavy atom. The summed E-state index contributed by atoms with van der Waals surface area (Å²) in [4.78, 5) is 31.2. The van der Waals surface area contributed by atoms with Crippen LogP contribution < -0.4 is 10.5 Å². The fraction of sp³-hybridized carbons (Fsp3) is 0.409. The lowest BCUT2D eigenvalue weighted by molar-refractivity contribution is -0.136. The number of carbonyl (C=O) groups is 2. The van der Waals surface area contributed by atoms with E-state index in [1.54, 1.807) is 43.3 Å². The lowest BCUT2D eigenvalue weighted by Crippen LogP contribution is -2.49. The topological polar surface area (TPSA) is 122 Å². The van der Waals surface area contributed by atoms with Gasteiger partial charge in [-0.05, 0) is 43.4 Å². The number of sulfonamides is 1. The number of hydrogen-bond acceptors (Lipinski definition) is 6. The lowest BCUT2D eigenvalue weighted by Gasteiger charge is -2.24. The van der Waals surface area contributed by atoms with Gasteiger partial charge in [-0.3, -0.25) is 9.59 Å². The second-order valence-corrected chi connectivity index (χ2v) is 9.62. The Morgan fingerprint density at radius 2 is 1.94 bits per heavy atom. The highest BCUT2D eigenvalue weighted by Crippen LogP contribution is 2.16. The third kappa shape index (κ3) is 6.60. The van der Waals surface area contributed by atoms with Gasteiger partial charge in [-0.1, -0.05) is 36.4 Å². The summed E-state index contributed by atoms with van der Waals surface area (Å²) in [5.74, 6) is -0.285. The molecule has 1 fully saturated rings. The van der Waals surface area contributed by atoms with Crippen molar-refractivity contribution in [2.45, 2.75) is 44.4 Å². The maximum absolute atomic E-state index is 13.0. The SMILES string of the molecule is Cc1nc(N)ccc1CC(=O)CN1CCCC[C@H](NS(=O)(=O)Cc2ccccc2)C1=O. The molecule has 0 bridgehead atoms. The van der Waals surface area contributed by atoms with Crippen LogP contribution in [-0.2, 0) is 31.8 Å². The van der Waals surface area contributed by atoms with Crippen molar-refractivity contribution in [3.8, 4) is 0 Å². The number of anilines is 1. The summed E-state index contributed by atoms with van der Waals surface area (Å²) in [7, 11) is -3.70. The number of pyridine rings is 1. The Balaban J connectivity index is 1.64. The summed E-state index contributed by atoms with van der Waals surface area (Å²) >= 11 is 0. The minimum atomic E-state index is -3.70. The number of nitrogens with two attached hydrogens (primary N) is 1. The predicted molar refractivity (Wildman–Crippen MR) is 119 cm³/mol. The predicted octanol–water partition coefficient (Wildman–Crippen LogP) is 1.58. The molecule has 0 unspecified atom stereocenters. The van der Waals surface area contributed by atoms with Gasteiger partial charge in [0.25, 0.3) is 0 Å². The van der Waals surface area contributed by atoms with Crippen molar-refractivity contribution in [2.24, 2.45) is 0 Å². The van der Waals surface area contributed by atoms with E-state index >= 15 is 0 Å². The maximum atomic E-state index is 13.0. The summed E-state index contributed by atoms with van der Waals surface area (Å²) in [6.07, 6.45) is 1.99. The number of carbonyl (C=O) groups excluding carboxylic acids is 2. The Labute approximate surface area is 182 Å². The molecule has 0 aliphatic carbocycles. The van der Waals surface area contributed by atoms with Crippen molar-refractivity contribution in [3.05, 3.63) is 59.3 Å². The molecule has 9 heteroatoms. The minimum absolute atomic E-state index is 0.0560. The maximum Gasteiger partial charge on any atom is 0.241 e. The number of amides is 1. The molecule has 3 N–H and O–H groups in total. The van der Waals surface area contributed by atoms with E-state index in [0.29, 0.717) is 36.5 Å². The number of nitrogens with zero attached hydrogens (tertiary/aromatic N) is 2. The molecule has 1 aliphatic rings. The third-order valence-electron chi connectivity index (χ3n) is 5.27. The first-order valence-corrected chi connectivity index (χ1v) is 11.9. The summed E-state index contributed by atoms with van der Waals surface area (Å²) < 4.78 is 27.7. The zero-order valence-corrected chi connectivity index (χ0v) is 18.4. The van der Waals surface area contributed by atoms with Gasteiger partial charge in [0.1, 0.15) is 11.9 Å². The number of aryl methyl sites for hydroxylation is 1. The van der Waals surface area contributed by atoms with Crippen molar-refractivity contribution in [1.29, 1.82) is 0 Å². The van der Waals surface area contributed by atoms with E-state index in [-0.39, 0.29) is 30.4 Å². The van der Waals surface area contributed by atoms with Crippen molar-refractivity contribution in [3.63, 3.8) is 0 Å². The van der Waals surface area contributed by atoms with Gasteiger partial charge in [-0.15, -0.1) is 0 Å². The van der Waals surface area contributed by atoms with Gasteiger partial charge in [0, 0.05) is 18.7 Å². The molecule has 0 radical (unpaired) electrons. The largest absolute Gasteiger partial charge is 0.384 e. The van der Waals surface area contributed by atoms with Crippen LogP contribution in [0.2, 0.25) is 0 Å². The number of likely N-dealkylation sites (tertiary alicyclic amines) is 1. The van der Waals surface area contributed by atoms with Crippen LogP contribution in [-0.4, -0.2) is 49.1 Å².